The second-order valence-corrected chi connectivity index (χ2v) is 3.38. The maximum absolute atomic E-state index is 11.3. The second-order valence-electron chi connectivity index (χ2n) is 3.38. The molecule has 1 aliphatic rings. The Balaban J connectivity index is 0.000000686. The lowest BCUT2D eigenvalue weighted by Crippen LogP contribution is -2.54. The highest BCUT2D eigenvalue weighted by Crippen LogP contribution is 2.20. The maximum atomic E-state index is 11.3. The van der Waals surface area contributed by atoms with Crippen LogP contribution in [0.3, 0.4) is 0 Å². The topological polar surface area (TPSA) is 75.4 Å². The van der Waals surface area contributed by atoms with Crippen LogP contribution in [0.15, 0.2) is 30.3 Å². The van der Waals surface area contributed by atoms with E-state index >= 15 is 0 Å². The summed E-state index contributed by atoms with van der Waals surface area (Å²) in [5.74, 6) is 4.87. The fourth-order valence-corrected chi connectivity index (χ4v) is 1.54. The molecule has 0 bridgehead atoms. The number of amides is 3. The number of nitrogens with zero attached hydrogens (tertiary/aromatic N) is 1. The van der Waals surface area contributed by atoms with Gasteiger partial charge in [0.25, 0.3) is 0 Å². The van der Waals surface area contributed by atoms with Crippen LogP contribution in [-0.4, -0.2) is 16.9 Å². The smallest absolute Gasteiger partial charge is 0.329 e. The zero-order valence-electron chi connectivity index (χ0n) is 10.0. The first-order valence-corrected chi connectivity index (χ1v) is 5.61. The highest BCUT2D eigenvalue weighted by molar-refractivity contribution is 5.96. The minimum atomic E-state index is -0.555. The quantitative estimate of drug-likeness (QED) is 0.573. The lowest BCUT2D eigenvalue weighted by atomic mass is 10.0. The number of imide groups is 1. The molecule has 0 spiro atoms. The molecule has 2 rings (SSSR count). The standard InChI is InChI=1S/C10H11N3O2.C2H6/c11-13-9(14)6-8(12-10(13)15)7-4-2-1-3-5-7;1-2/h1-5,8H,6,11H2,(H,12,15);1-2H3. The highest BCUT2D eigenvalue weighted by atomic mass is 16.2. The number of hydrazine groups is 1. The van der Waals surface area contributed by atoms with Crippen molar-refractivity contribution in [1.82, 2.24) is 10.3 Å². The van der Waals surface area contributed by atoms with Crippen molar-refractivity contribution >= 4 is 11.9 Å². The number of benzene rings is 1. The minimum absolute atomic E-state index is 0.201. The van der Waals surface area contributed by atoms with E-state index in [4.69, 9.17) is 5.84 Å². The first-order valence-electron chi connectivity index (χ1n) is 5.61. The SMILES string of the molecule is CC.NN1C(=O)CC(c2ccccc2)NC1=O. The lowest BCUT2D eigenvalue weighted by Gasteiger charge is -2.28. The van der Waals surface area contributed by atoms with Crippen molar-refractivity contribution in [3.05, 3.63) is 35.9 Å². The Morgan fingerprint density at radius 1 is 1.24 bits per heavy atom. The Bertz CT molecular complexity index is 374. The van der Waals surface area contributed by atoms with Crippen LogP contribution in [0.1, 0.15) is 31.9 Å². The molecule has 3 N–H and O–H groups in total. The van der Waals surface area contributed by atoms with E-state index in [-0.39, 0.29) is 18.4 Å². The first kappa shape index (κ1) is 13.2. The van der Waals surface area contributed by atoms with E-state index in [9.17, 15) is 9.59 Å². The number of carbonyl (C=O) groups excluding carboxylic acids is 2. The summed E-state index contributed by atoms with van der Waals surface area (Å²) in [6, 6.07) is 8.51. The summed E-state index contributed by atoms with van der Waals surface area (Å²) in [6.07, 6.45) is 0.201. The molecule has 92 valence electrons. The van der Waals surface area contributed by atoms with E-state index in [2.05, 4.69) is 5.32 Å². The molecule has 3 amide bonds. The van der Waals surface area contributed by atoms with Gasteiger partial charge in [0.2, 0.25) is 5.91 Å². The van der Waals surface area contributed by atoms with E-state index < -0.39 is 6.03 Å². The van der Waals surface area contributed by atoms with Gasteiger partial charge in [-0.15, -0.1) is 0 Å². The summed E-state index contributed by atoms with van der Waals surface area (Å²) in [5, 5.41) is 3.26. The van der Waals surface area contributed by atoms with Gasteiger partial charge in [-0.3, -0.25) is 4.79 Å². The van der Waals surface area contributed by atoms with Gasteiger partial charge in [0.15, 0.2) is 0 Å². The number of urea groups is 1. The third-order valence-electron chi connectivity index (χ3n) is 2.37. The molecule has 1 aromatic rings. The molecular formula is C12H17N3O2. The lowest BCUT2D eigenvalue weighted by molar-refractivity contribution is -0.130. The third-order valence-corrected chi connectivity index (χ3v) is 2.37. The second kappa shape index (κ2) is 6.00. The first-order chi connectivity index (χ1) is 8.18. The van der Waals surface area contributed by atoms with Crippen molar-refractivity contribution < 1.29 is 9.59 Å². The molecule has 1 aliphatic heterocycles. The number of rotatable bonds is 1. The van der Waals surface area contributed by atoms with Crippen molar-refractivity contribution in [3.8, 4) is 0 Å². The molecular weight excluding hydrogens is 218 g/mol. The van der Waals surface area contributed by atoms with Gasteiger partial charge in [-0.25, -0.2) is 10.6 Å². The summed E-state index contributed by atoms with van der Waals surface area (Å²) < 4.78 is 0. The van der Waals surface area contributed by atoms with Gasteiger partial charge < -0.3 is 5.32 Å². The van der Waals surface area contributed by atoms with Crippen LogP contribution >= 0.6 is 0 Å². The van der Waals surface area contributed by atoms with E-state index in [1.807, 2.05) is 44.2 Å². The van der Waals surface area contributed by atoms with Crippen molar-refractivity contribution in [1.29, 1.82) is 0 Å². The number of hydrogen-bond donors (Lipinski definition) is 2. The van der Waals surface area contributed by atoms with Crippen molar-refractivity contribution in [2.45, 2.75) is 26.3 Å². The van der Waals surface area contributed by atoms with Crippen molar-refractivity contribution in [2.75, 3.05) is 0 Å². The zero-order valence-corrected chi connectivity index (χ0v) is 10.0. The Labute approximate surface area is 101 Å². The van der Waals surface area contributed by atoms with Gasteiger partial charge in [0.05, 0.1) is 12.5 Å². The zero-order chi connectivity index (χ0) is 12.8. The molecule has 1 heterocycles. The number of hydrogen-bond acceptors (Lipinski definition) is 3. The van der Waals surface area contributed by atoms with E-state index in [0.29, 0.717) is 5.01 Å². The fraction of sp³-hybridized carbons (Fsp3) is 0.333. The third kappa shape index (κ3) is 3.04. The predicted octanol–water partition coefficient (Wildman–Crippen LogP) is 1.57. The predicted molar refractivity (Wildman–Crippen MR) is 64.7 cm³/mol. The monoisotopic (exact) mass is 235 g/mol. The summed E-state index contributed by atoms with van der Waals surface area (Å²) in [6.45, 7) is 4.00. The molecule has 0 aromatic heterocycles. The largest absolute Gasteiger partial charge is 0.339 e. The molecule has 5 nitrogen and oxygen atoms in total. The fourth-order valence-electron chi connectivity index (χ4n) is 1.54. The summed E-state index contributed by atoms with van der Waals surface area (Å²) in [4.78, 5) is 22.6. The Kier molecular flexibility index (Phi) is 4.66. The minimum Gasteiger partial charge on any atom is -0.329 e. The van der Waals surface area contributed by atoms with Crippen molar-refractivity contribution in [2.24, 2.45) is 5.84 Å². The summed E-state index contributed by atoms with van der Waals surface area (Å²) in [7, 11) is 0. The van der Waals surface area contributed by atoms with Crippen LogP contribution in [0.2, 0.25) is 0 Å². The van der Waals surface area contributed by atoms with Gasteiger partial charge in [-0.05, 0) is 5.56 Å². The number of nitrogens with one attached hydrogen (secondary N) is 1. The van der Waals surface area contributed by atoms with Crippen LogP contribution in [-0.2, 0) is 4.79 Å². The maximum Gasteiger partial charge on any atom is 0.339 e. The summed E-state index contributed by atoms with van der Waals surface area (Å²) >= 11 is 0. The van der Waals surface area contributed by atoms with Crippen LogP contribution in [0.25, 0.3) is 0 Å². The van der Waals surface area contributed by atoms with Crippen LogP contribution in [0.5, 0.6) is 0 Å². The molecule has 0 aliphatic carbocycles. The van der Waals surface area contributed by atoms with Gasteiger partial charge in [0.1, 0.15) is 0 Å². The molecule has 17 heavy (non-hydrogen) atoms. The number of carbonyl (C=O) groups is 2. The molecule has 1 saturated heterocycles. The molecule has 1 aromatic carbocycles. The summed E-state index contributed by atoms with van der Waals surface area (Å²) in [5.41, 5.74) is 0.910. The van der Waals surface area contributed by atoms with E-state index in [1.165, 1.54) is 0 Å². The normalized spacial score (nSPS) is 19.2. The van der Waals surface area contributed by atoms with Gasteiger partial charge in [0, 0.05) is 0 Å². The molecule has 1 unspecified atom stereocenters. The van der Waals surface area contributed by atoms with Crippen LogP contribution in [0.4, 0.5) is 4.79 Å². The van der Waals surface area contributed by atoms with Crippen LogP contribution in [0, 0.1) is 0 Å². The molecule has 0 radical (unpaired) electrons. The number of nitrogens with two attached hydrogens (primary N) is 1. The van der Waals surface area contributed by atoms with E-state index in [0.717, 1.165) is 5.56 Å². The Morgan fingerprint density at radius 2 is 1.82 bits per heavy atom. The molecule has 1 fully saturated rings. The average molecular weight is 235 g/mol. The molecule has 0 saturated carbocycles. The van der Waals surface area contributed by atoms with Gasteiger partial charge in [-0.1, -0.05) is 44.2 Å². The van der Waals surface area contributed by atoms with Gasteiger partial charge >= 0.3 is 6.03 Å². The van der Waals surface area contributed by atoms with Crippen LogP contribution < -0.4 is 11.2 Å². The van der Waals surface area contributed by atoms with E-state index in [1.54, 1.807) is 0 Å². The molecule has 1 atom stereocenters. The Morgan fingerprint density at radius 3 is 2.35 bits per heavy atom. The molecule has 5 heteroatoms. The average Bonchev–Trinajstić information content (AvgIpc) is 2.39. The van der Waals surface area contributed by atoms with Crippen molar-refractivity contribution in [3.63, 3.8) is 0 Å². The highest BCUT2D eigenvalue weighted by Gasteiger charge is 2.30. The van der Waals surface area contributed by atoms with Gasteiger partial charge in [-0.2, -0.15) is 5.01 Å². The Hall–Kier alpha value is -1.88.